The second-order valence-electron chi connectivity index (χ2n) is 9.69. The first-order chi connectivity index (χ1) is 19.5. The lowest BCUT2D eigenvalue weighted by molar-refractivity contribution is 0.0692. The molecule has 9 nitrogen and oxygen atoms in total. The minimum Gasteiger partial charge on any atom is -0.476 e. The Kier molecular flexibility index (Phi) is 6.79. The molecule has 5 aromatic rings. The van der Waals surface area contributed by atoms with Crippen molar-refractivity contribution in [3.8, 4) is 11.1 Å². The number of morpholine rings is 1. The van der Waals surface area contributed by atoms with Gasteiger partial charge < -0.3 is 24.5 Å². The van der Waals surface area contributed by atoms with Gasteiger partial charge in [-0.2, -0.15) is 0 Å². The summed E-state index contributed by atoms with van der Waals surface area (Å²) in [6.45, 7) is 4.97. The number of aromatic amines is 1. The van der Waals surface area contributed by atoms with Crippen molar-refractivity contribution < 1.29 is 24.2 Å². The molecule has 2 aromatic heterocycles. The lowest BCUT2D eigenvalue weighted by Crippen LogP contribution is -2.36. The maximum Gasteiger partial charge on any atom is 0.411 e. The Balaban J connectivity index is 1.40. The SMILES string of the molecule is Cc1c(NC(=O)OCc2ccccc2)cccc1-c1cnc(C(=O)O)c2[nH]c3ccc(N4CCOCC4)cc3c12. The molecular weight excluding hydrogens is 508 g/mol. The van der Waals surface area contributed by atoms with Gasteiger partial charge in [0.05, 0.1) is 18.7 Å². The molecule has 1 aliphatic heterocycles. The molecule has 202 valence electrons. The summed E-state index contributed by atoms with van der Waals surface area (Å²) in [7, 11) is 0. The second kappa shape index (κ2) is 10.7. The third-order valence-corrected chi connectivity index (χ3v) is 7.26. The van der Waals surface area contributed by atoms with Crippen LogP contribution in [0.2, 0.25) is 0 Å². The molecule has 0 unspecified atom stereocenters. The first kappa shape index (κ1) is 25.4. The molecular formula is C31H28N4O5. The first-order valence-corrected chi connectivity index (χ1v) is 13.1. The van der Waals surface area contributed by atoms with Crippen LogP contribution in [-0.4, -0.2) is 53.4 Å². The molecule has 1 aliphatic rings. The van der Waals surface area contributed by atoms with Gasteiger partial charge in [0.25, 0.3) is 0 Å². The Morgan fingerprint density at radius 2 is 1.85 bits per heavy atom. The second-order valence-corrected chi connectivity index (χ2v) is 9.69. The minimum atomic E-state index is -1.11. The number of carboxylic acid groups (broad SMARTS) is 1. The molecule has 0 aliphatic carbocycles. The molecule has 9 heteroatoms. The number of aromatic carboxylic acids is 1. The van der Waals surface area contributed by atoms with Gasteiger partial charge in [0, 0.05) is 52.5 Å². The van der Waals surface area contributed by atoms with E-state index in [9.17, 15) is 14.7 Å². The number of anilines is 2. The summed E-state index contributed by atoms with van der Waals surface area (Å²) in [5.41, 5.74) is 6.18. The number of ether oxygens (including phenoxy) is 2. The van der Waals surface area contributed by atoms with Crippen molar-refractivity contribution in [1.82, 2.24) is 9.97 Å². The van der Waals surface area contributed by atoms with Crippen molar-refractivity contribution in [3.63, 3.8) is 0 Å². The number of nitrogens with one attached hydrogen (secondary N) is 2. The third-order valence-electron chi connectivity index (χ3n) is 7.26. The van der Waals surface area contributed by atoms with Gasteiger partial charge in [-0.1, -0.05) is 42.5 Å². The number of rotatable bonds is 6. The van der Waals surface area contributed by atoms with Gasteiger partial charge >= 0.3 is 12.1 Å². The third kappa shape index (κ3) is 4.83. The van der Waals surface area contributed by atoms with Crippen LogP contribution in [0, 0.1) is 6.92 Å². The fourth-order valence-electron chi connectivity index (χ4n) is 5.21. The molecule has 1 saturated heterocycles. The van der Waals surface area contributed by atoms with Crippen LogP contribution in [0.4, 0.5) is 16.2 Å². The quantitative estimate of drug-likeness (QED) is 0.245. The summed E-state index contributed by atoms with van der Waals surface area (Å²) in [6, 6.07) is 21.2. The van der Waals surface area contributed by atoms with Crippen LogP contribution in [0.15, 0.2) is 72.9 Å². The van der Waals surface area contributed by atoms with Crippen LogP contribution in [0.25, 0.3) is 32.9 Å². The Morgan fingerprint density at radius 3 is 2.62 bits per heavy atom. The molecule has 0 saturated carbocycles. The summed E-state index contributed by atoms with van der Waals surface area (Å²) >= 11 is 0. The Labute approximate surface area is 230 Å². The standard InChI is InChI=1S/C31H28N4O5/c1-19-22(8-5-9-25(19)34-31(38)40-18-20-6-3-2-4-7-20)24-17-32-29(30(36)37)28-27(24)23-16-21(10-11-26(23)33-28)35-12-14-39-15-13-35/h2-11,16-17,33H,12-15,18H2,1H3,(H,34,38)(H,36,37). The van der Waals surface area contributed by atoms with Gasteiger partial charge in [-0.05, 0) is 47.9 Å². The number of aromatic nitrogens is 2. The topological polar surface area (TPSA) is 117 Å². The molecule has 0 bridgehead atoms. The van der Waals surface area contributed by atoms with Gasteiger partial charge in [-0.15, -0.1) is 0 Å². The van der Waals surface area contributed by atoms with E-state index in [4.69, 9.17) is 9.47 Å². The van der Waals surface area contributed by atoms with Gasteiger partial charge in [0.1, 0.15) is 6.61 Å². The Morgan fingerprint density at radius 1 is 1.05 bits per heavy atom. The molecule has 6 rings (SSSR count). The maximum absolute atomic E-state index is 12.6. The summed E-state index contributed by atoms with van der Waals surface area (Å²) < 4.78 is 10.9. The molecule has 0 radical (unpaired) electrons. The molecule has 0 atom stereocenters. The van der Waals surface area contributed by atoms with E-state index in [1.807, 2.05) is 67.6 Å². The number of H-pyrrole nitrogens is 1. The van der Waals surface area contributed by atoms with Crippen molar-refractivity contribution in [2.75, 3.05) is 36.5 Å². The molecule has 0 spiro atoms. The monoisotopic (exact) mass is 536 g/mol. The van der Waals surface area contributed by atoms with Gasteiger partial charge in [0.2, 0.25) is 0 Å². The number of hydrogen-bond donors (Lipinski definition) is 3. The molecule has 3 N–H and O–H groups in total. The Hall–Kier alpha value is -4.89. The fourth-order valence-corrected chi connectivity index (χ4v) is 5.21. The fraction of sp³-hybridized carbons (Fsp3) is 0.194. The van der Waals surface area contributed by atoms with E-state index < -0.39 is 12.1 Å². The molecule has 1 fully saturated rings. The van der Waals surface area contributed by atoms with Gasteiger partial charge in [-0.3, -0.25) is 5.32 Å². The number of pyridine rings is 1. The zero-order chi connectivity index (χ0) is 27.6. The first-order valence-electron chi connectivity index (χ1n) is 13.1. The molecule has 3 heterocycles. The smallest absolute Gasteiger partial charge is 0.411 e. The number of carboxylic acids is 1. The number of carbonyl (C=O) groups excluding carboxylic acids is 1. The van der Waals surface area contributed by atoms with Crippen LogP contribution in [0.5, 0.6) is 0 Å². The summed E-state index contributed by atoms with van der Waals surface area (Å²) in [5, 5.41) is 14.4. The van der Waals surface area contributed by atoms with E-state index in [1.54, 1.807) is 6.20 Å². The number of hydrogen-bond acceptors (Lipinski definition) is 6. The van der Waals surface area contributed by atoms with Crippen LogP contribution in [-0.2, 0) is 16.1 Å². The zero-order valence-corrected chi connectivity index (χ0v) is 21.9. The van der Waals surface area contributed by atoms with Gasteiger partial charge in [-0.25, -0.2) is 14.6 Å². The largest absolute Gasteiger partial charge is 0.476 e. The predicted molar refractivity (Wildman–Crippen MR) is 154 cm³/mol. The number of nitrogens with zero attached hydrogens (tertiary/aromatic N) is 2. The average Bonchev–Trinajstić information content (AvgIpc) is 3.37. The number of benzene rings is 3. The highest BCUT2D eigenvalue weighted by Crippen LogP contribution is 2.39. The van der Waals surface area contributed by atoms with E-state index in [2.05, 4.69) is 26.3 Å². The Bertz CT molecular complexity index is 1720. The molecule has 1 amide bonds. The van der Waals surface area contributed by atoms with Crippen LogP contribution < -0.4 is 10.2 Å². The predicted octanol–water partition coefficient (Wildman–Crippen LogP) is 5.98. The average molecular weight is 537 g/mol. The van der Waals surface area contributed by atoms with Gasteiger partial charge in [0.15, 0.2) is 5.69 Å². The number of amides is 1. The van der Waals surface area contributed by atoms with Crippen LogP contribution in [0.1, 0.15) is 21.6 Å². The van der Waals surface area contributed by atoms with E-state index in [1.165, 1.54) is 0 Å². The normalized spacial score (nSPS) is 13.5. The van der Waals surface area contributed by atoms with E-state index in [0.29, 0.717) is 24.4 Å². The lowest BCUT2D eigenvalue weighted by atomic mass is 9.96. The van der Waals surface area contributed by atoms with Crippen molar-refractivity contribution in [1.29, 1.82) is 0 Å². The minimum absolute atomic E-state index is 0.0423. The van der Waals surface area contributed by atoms with E-state index in [-0.39, 0.29) is 12.3 Å². The summed E-state index contributed by atoms with van der Waals surface area (Å²) in [4.78, 5) is 34.6. The number of fused-ring (bicyclic) bond motifs is 3. The van der Waals surface area contributed by atoms with Crippen LogP contribution in [0.3, 0.4) is 0 Å². The van der Waals surface area contributed by atoms with Crippen molar-refractivity contribution in [2.45, 2.75) is 13.5 Å². The van der Waals surface area contributed by atoms with E-state index in [0.717, 1.165) is 57.3 Å². The summed E-state index contributed by atoms with van der Waals surface area (Å²) in [5.74, 6) is -1.11. The van der Waals surface area contributed by atoms with E-state index >= 15 is 0 Å². The highest BCUT2D eigenvalue weighted by atomic mass is 16.5. The molecule has 3 aromatic carbocycles. The zero-order valence-electron chi connectivity index (χ0n) is 21.9. The molecule has 40 heavy (non-hydrogen) atoms. The lowest BCUT2D eigenvalue weighted by Gasteiger charge is -2.28. The highest BCUT2D eigenvalue weighted by Gasteiger charge is 2.22. The highest BCUT2D eigenvalue weighted by molar-refractivity contribution is 6.19. The van der Waals surface area contributed by atoms with Crippen molar-refractivity contribution in [2.24, 2.45) is 0 Å². The van der Waals surface area contributed by atoms with Crippen molar-refractivity contribution in [3.05, 3.63) is 89.7 Å². The number of carbonyl (C=O) groups is 2. The van der Waals surface area contributed by atoms with Crippen molar-refractivity contribution >= 4 is 45.2 Å². The van der Waals surface area contributed by atoms with Crippen LogP contribution >= 0.6 is 0 Å². The maximum atomic E-state index is 12.6. The summed E-state index contributed by atoms with van der Waals surface area (Å²) in [6.07, 6.45) is 1.04.